The highest BCUT2D eigenvalue weighted by Gasteiger charge is 2.27. The predicted molar refractivity (Wildman–Crippen MR) is 70.2 cm³/mol. The van der Waals surface area contributed by atoms with E-state index in [9.17, 15) is 0 Å². The number of hydrogen-bond acceptors (Lipinski definition) is 1. The molecule has 16 heavy (non-hydrogen) atoms. The van der Waals surface area contributed by atoms with Gasteiger partial charge in [0, 0.05) is 18.8 Å². The minimum absolute atomic E-state index is 0.799. The first-order valence-electron chi connectivity index (χ1n) is 7.12. The van der Waals surface area contributed by atoms with E-state index in [2.05, 4.69) is 25.3 Å². The van der Waals surface area contributed by atoms with Crippen LogP contribution < -0.4 is 0 Å². The van der Waals surface area contributed by atoms with Crippen LogP contribution in [-0.2, 0) is 0 Å². The van der Waals surface area contributed by atoms with Crippen LogP contribution in [0.5, 0.6) is 0 Å². The van der Waals surface area contributed by atoms with Gasteiger partial charge < -0.3 is 4.90 Å². The molecule has 92 valence electrons. The zero-order chi connectivity index (χ0) is 11.5. The van der Waals surface area contributed by atoms with Crippen molar-refractivity contribution in [3.8, 4) is 0 Å². The minimum atomic E-state index is 0.799. The Bertz CT molecular complexity index is 230. The van der Waals surface area contributed by atoms with E-state index in [4.69, 9.17) is 0 Å². The SMILES string of the molecule is C=C(C1CCC(C(C)C)CC1)N1CCCC1. The third-order valence-electron chi connectivity index (χ3n) is 4.70. The van der Waals surface area contributed by atoms with Gasteiger partial charge >= 0.3 is 0 Å². The van der Waals surface area contributed by atoms with Crippen LogP contribution in [0, 0.1) is 17.8 Å². The lowest BCUT2D eigenvalue weighted by molar-refractivity contribution is 0.217. The summed E-state index contributed by atoms with van der Waals surface area (Å²) in [5, 5.41) is 0. The van der Waals surface area contributed by atoms with Crippen molar-refractivity contribution in [3.63, 3.8) is 0 Å². The number of hydrogen-bond donors (Lipinski definition) is 0. The van der Waals surface area contributed by atoms with Gasteiger partial charge in [0.1, 0.15) is 0 Å². The molecular formula is C15H27N. The molecule has 0 aromatic heterocycles. The molecule has 0 atom stereocenters. The Kier molecular flexibility index (Phi) is 3.94. The van der Waals surface area contributed by atoms with E-state index in [0.29, 0.717) is 0 Å². The van der Waals surface area contributed by atoms with Crippen molar-refractivity contribution in [2.45, 2.75) is 52.4 Å². The van der Waals surface area contributed by atoms with Crippen LogP contribution in [0.4, 0.5) is 0 Å². The summed E-state index contributed by atoms with van der Waals surface area (Å²) in [6, 6.07) is 0. The van der Waals surface area contributed by atoms with Gasteiger partial charge in [0.05, 0.1) is 0 Å². The molecular weight excluding hydrogens is 194 g/mol. The van der Waals surface area contributed by atoms with Crippen LogP contribution in [-0.4, -0.2) is 18.0 Å². The van der Waals surface area contributed by atoms with Crippen molar-refractivity contribution in [2.75, 3.05) is 13.1 Å². The Labute approximate surface area is 101 Å². The highest BCUT2D eigenvalue weighted by Crippen LogP contribution is 2.37. The summed E-state index contributed by atoms with van der Waals surface area (Å²) in [5.41, 5.74) is 1.46. The Morgan fingerprint density at radius 1 is 1.06 bits per heavy atom. The quantitative estimate of drug-likeness (QED) is 0.694. The van der Waals surface area contributed by atoms with Crippen LogP contribution in [0.2, 0.25) is 0 Å². The Balaban J connectivity index is 1.81. The monoisotopic (exact) mass is 221 g/mol. The fraction of sp³-hybridized carbons (Fsp3) is 0.867. The molecule has 0 aromatic rings. The second kappa shape index (κ2) is 5.25. The van der Waals surface area contributed by atoms with Crippen molar-refractivity contribution >= 4 is 0 Å². The molecule has 2 fully saturated rings. The maximum absolute atomic E-state index is 4.36. The largest absolute Gasteiger partial charge is 0.375 e. The average molecular weight is 221 g/mol. The van der Waals surface area contributed by atoms with Crippen LogP contribution >= 0.6 is 0 Å². The summed E-state index contributed by atoms with van der Waals surface area (Å²) in [6.45, 7) is 11.6. The topological polar surface area (TPSA) is 3.24 Å². The van der Waals surface area contributed by atoms with E-state index >= 15 is 0 Å². The van der Waals surface area contributed by atoms with E-state index < -0.39 is 0 Å². The summed E-state index contributed by atoms with van der Waals surface area (Å²) in [7, 11) is 0. The maximum atomic E-state index is 4.36. The molecule has 1 saturated heterocycles. The number of allylic oxidation sites excluding steroid dienone is 1. The molecule has 0 unspecified atom stereocenters. The first-order valence-corrected chi connectivity index (χ1v) is 7.12. The Hall–Kier alpha value is -0.460. The van der Waals surface area contributed by atoms with Crippen LogP contribution in [0.15, 0.2) is 12.3 Å². The van der Waals surface area contributed by atoms with Crippen molar-refractivity contribution in [2.24, 2.45) is 17.8 Å². The van der Waals surface area contributed by atoms with Gasteiger partial charge in [-0.3, -0.25) is 0 Å². The second-order valence-corrected chi connectivity index (χ2v) is 6.04. The maximum Gasteiger partial charge on any atom is 0.0175 e. The molecule has 2 rings (SSSR count). The molecule has 0 aromatic carbocycles. The molecule has 0 spiro atoms. The Morgan fingerprint density at radius 2 is 1.62 bits per heavy atom. The highest BCUT2D eigenvalue weighted by atomic mass is 15.2. The van der Waals surface area contributed by atoms with Gasteiger partial charge in [0.25, 0.3) is 0 Å². The molecule has 1 nitrogen and oxygen atoms in total. The summed E-state index contributed by atoms with van der Waals surface area (Å²) in [4.78, 5) is 2.54. The lowest BCUT2D eigenvalue weighted by Crippen LogP contribution is -2.27. The zero-order valence-corrected chi connectivity index (χ0v) is 11.0. The number of rotatable bonds is 3. The third kappa shape index (κ3) is 2.61. The molecule has 0 radical (unpaired) electrons. The molecule has 1 aliphatic carbocycles. The number of nitrogens with zero attached hydrogens (tertiary/aromatic N) is 1. The predicted octanol–water partition coefficient (Wildman–Crippen LogP) is 4.06. The molecule has 0 N–H and O–H groups in total. The second-order valence-electron chi connectivity index (χ2n) is 6.04. The van der Waals surface area contributed by atoms with Crippen molar-refractivity contribution in [1.29, 1.82) is 0 Å². The fourth-order valence-electron chi connectivity index (χ4n) is 3.38. The normalized spacial score (nSPS) is 31.1. The Morgan fingerprint density at radius 3 is 2.12 bits per heavy atom. The van der Waals surface area contributed by atoms with E-state index in [-0.39, 0.29) is 0 Å². The summed E-state index contributed by atoms with van der Waals surface area (Å²) in [6.07, 6.45) is 8.38. The van der Waals surface area contributed by atoms with Crippen molar-refractivity contribution in [3.05, 3.63) is 12.3 Å². The zero-order valence-electron chi connectivity index (χ0n) is 11.0. The van der Waals surface area contributed by atoms with Crippen molar-refractivity contribution < 1.29 is 0 Å². The van der Waals surface area contributed by atoms with Gasteiger partial charge in [-0.2, -0.15) is 0 Å². The van der Waals surface area contributed by atoms with Gasteiger partial charge in [-0.25, -0.2) is 0 Å². The van der Waals surface area contributed by atoms with Crippen LogP contribution in [0.25, 0.3) is 0 Å². The van der Waals surface area contributed by atoms with Crippen molar-refractivity contribution in [1.82, 2.24) is 4.90 Å². The van der Waals surface area contributed by atoms with E-state index in [0.717, 1.165) is 17.8 Å². The van der Waals surface area contributed by atoms with Gasteiger partial charge in [-0.1, -0.05) is 20.4 Å². The van der Waals surface area contributed by atoms with Gasteiger partial charge in [0.2, 0.25) is 0 Å². The summed E-state index contributed by atoms with van der Waals surface area (Å²) < 4.78 is 0. The fourth-order valence-corrected chi connectivity index (χ4v) is 3.38. The third-order valence-corrected chi connectivity index (χ3v) is 4.70. The van der Waals surface area contributed by atoms with Gasteiger partial charge in [-0.15, -0.1) is 0 Å². The highest BCUT2D eigenvalue weighted by molar-refractivity contribution is 5.03. The molecule has 1 saturated carbocycles. The van der Waals surface area contributed by atoms with E-state index in [1.807, 2.05) is 0 Å². The van der Waals surface area contributed by atoms with Gasteiger partial charge in [0.15, 0.2) is 0 Å². The van der Waals surface area contributed by atoms with E-state index in [1.165, 1.54) is 57.3 Å². The first-order chi connectivity index (χ1) is 7.68. The van der Waals surface area contributed by atoms with Crippen LogP contribution in [0.3, 0.4) is 0 Å². The first kappa shape index (κ1) is 12.0. The van der Waals surface area contributed by atoms with Gasteiger partial charge in [-0.05, 0) is 56.3 Å². The minimum Gasteiger partial charge on any atom is -0.375 e. The van der Waals surface area contributed by atoms with E-state index in [1.54, 1.807) is 0 Å². The standard InChI is InChI=1S/C15H27N/c1-12(2)14-6-8-15(9-7-14)13(3)16-10-4-5-11-16/h12,14-15H,3-11H2,1-2H3. The molecule has 2 aliphatic rings. The molecule has 1 heterocycles. The summed E-state index contributed by atoms with van der Waals surface area (Å²) in [5.74, 6) is 2.65. The molecule has 0 amide bonds. The molecule has 1 heteroatoms. The number of likely N-dealkylation sites (tertiary alicyclic amines) is 1. The smallest absolute Gasteiger partial charge is 0.0175 e. The molecule has 1 aliphatic heterocycles. The lowest BCUT2D eigenvalue weighted by atomic mass is 9.76. The summed E-state index contributed by atoms with van der Waals surface area (Å²) >= 11 is 0. The lowest BCUT2D eigenvalue weighted by Gasteiger charge is -2.35. The average Bonchev–Trinajstić information content (AvgIpc) is 2.81. The molecule has 0 bridgehead atoms. The van der Waals surface area contributed by atoms with Crippen LogP contribution in [0.1, 0.15) is 52.4 Å².